The molecular formula is C8H16ClN. The lowest BCUT2D eigenvalue weighted by Crippen LogP contribution is -1.47. The number of rotatable bonds is 0. The third kappa shape index (κ3) is 10.5. The lowest BCUT2D eigenvalue weighted by molar-refractivity contribution is 1.50. The van der Waals surface area contributed by atoms with Crippen LogP contribution in [0.1, 0.15) is 13.8 Å². The van der Waals surface area contributed by atoms with E-state index in [1.165, 1.54) is 0 Å². The van der Waals surface area contributed by atoms with E-state index in [0.29, 0.717) is 0 Å². The van der Waals surface area contributed by atoms with Gasteiger partial charge in [0.1, 0.15) is 0 Å². The minimum atomic E-state index is 0. The highest BCUT2D eigenvalue weighted by Crippen LogP contribution is 1.79. The van der Waals surface area contributed by atoms with Gasteiger partial charge in [0, 0.05) is 0 Å². The van der Waals surface area contributed by atoms with Gasteiger partial charge in [-0.3, -0.25) is 0 Å². The average molecular weight is 162 g/mol. The second kappa shape index (κ2) is 15.8. The van der Waals surface area contributed by atoms with Gasteiger partial charge in [0.05, 0.1) is 0 Å². The molecule has 0 heterocycles. The van der Waals surface area contributed by atoms with Gasteiger partial charge in [-0.1, -0.05) is 50.2 Å². The van der Waals surface area contributed by atoms with Crippen LogP contribution in [-0.2, 0) is 0 Å². The van der Waals surface area contributed by atoms with Crippen molar-refractivity contribution in [1.82, 2.24) is 6.15 Å². The highest BCUT2D eigenvalue weighted by molar-refractivity contribution is 5.85. The van der Waals surface area contributed by atoms with Crippen molar-refractivity contribution >= 4 is 12.4 Å². The highest BCUT2D eigenvalue weighted by atomic mass is 35.5. The molecule has 0 saturated carbocycles. The van der Waals surface area contributed by atoms with Crippen LogP contribution in [0.4, 0.5) is 0 Å². The molecule has 0 radical (unpaired) electrons. The maximum atomic E-state index is 2.00. The van der Waals surface area contributed by atoms with Crippen LogP contribution >= 0.6 is 12.4 Å². The van der Waals surface area contributed by atoms with Crippen molar-refractivity contribution in [1.29, 1.82) is 0 Å². The number of halogens is 1. The normalized spacial score (nSPS) is 5.40. The molecule has 0 aliphatic carbocycles. The Bertz CT molecular complexity index is 81.2. The smallest absolute Gasteiger partial charge is 0.0623 e. The van der Waals surface area contributed by atoms with Crippen LogP contribution in [0.3, 0.4) is 0 Å². The van der Waals surface area contributed by atoms with Crippen molar-refractivity contribution < 1.29 is 0 Å². The van der Waals surface area contributed by atoms with Crippen LogP contribution < -0.4 is 6.15 Å². The Labute approximate surface area is 69.5 Å². The first kappa shape index (κ1) is 16.2. The fourth-order valence-corrected chi connectivity index (χ4v) is 0.385. The molecular weight excluding hydrogens is 146 g/mol. The SMILES string of the molecule is CC.Cl.N.c1ccccc1. The molecule has 3 N–H and O–H groups in total. The summed E-state index contributed by atoms with van der Waals surface area (Å²) in [5.41, 5.74) is 0. The summed E-state index contributed by atoms with van der Waals surface area (Å²) in [6.07, 6.45) is 0. The molecule has 0 aromatic heterocycles. The van der Waals surface area contributed by atoms with E-state index in [1.807, 2.05) is 50.2 Å². The Morgan fingerprint density at radius 3 is 0.800 bits per heavy atom. The van der Waals surface area contributed by atoms with E-state index in [-0.39, 0.29) is 18.6 Å². The molecule has 0 aliphatic heterocycles. The lowest BCUT2D eigenvalue weighted by Gasteiger charge is -1.69. The zero-order valence-electron chi connectivity index (χ0n) is 6.58. The van der Waals surface area contributed by atoms with E-state index in [0.717, 1.165) is 0 Å². The van der Waals surface area contributed by atoms with Gasteiger partial charge in [-0.2, -0.15) is 0 Å². The fraction of sp³-hybridized carbons (Fsp3) is 0.250. The molecule has 0 spiro atoms. The van der Waals surface area contributed by atoms with E-state index < -0.39 is 0 Å². The summed E-state index contributed by atoms with van der Waals surface area (Å²) in [4.78, 5) is 0. The summed E-state index contributed by atoms with van der Waals surface area (Å²) < 4.78 is 0. The van der Waals surface area contributed by atoms with Gasteiger partial charge in [0.25, 0.3) is 0 Å². The molecule has 1 aromatic rings. The van der Waals surface area contributed by atoms with Gasteiger partial charge in [0.2, 0.25) is 0 Å². The zero-order valence-corrected chi connectivity index (χ0v) is 7.40. The Hall–Kier alpha value is -0.530. The summed E-state index contributed by atoms with van der Waals surface area (Å²) in [6, 6.07) is 12.0. The molecule has 1 aromatic carbocycles. The van der Waals surface area contributed by atoms with Gasteiger partial charge >= 0.3 is 0 Å². The van der Waals surface area contributed by atoms with E-state index in [4.69, 9.17) is 0 Å². The predicted octanol–water partition coefficient (Wildman–Crippen LogP) is 3.30. The summed E-state index contributed by atoms with van der Waals surface area (Å²) in [7, 11) is 0. The van der Waals surface area contributed by atoms with Crippen LogP contribution in [0.15, 0.2) is 36.4 Å². The number of hydrogen-bond donors (Lipinski definition) is 1. The maximum absolute atomic E-state index is 2.00. The first-order valence-corrected chi connectivity index (χ1v) is 3.00. The van der Waals surface area contributed by atoms with Crippen molar-refractivity contribution in [2.75, 3.05) is 0 Å². The minimum absolute atomic E-state index is 0. The largest absolute Gasteiger partial charge is 0.344 e. The summed E-state index contributed by atoms with van der Waals surface area (Å²) in [5, 5.41) is 0. The maximum Gasteiger partial charge on any atom is -0.0623 e. The van der Waals surface area contributed by atoms with Crippen molar-refractivity contribution in [3.8, 4) is 0 Å². The summed E-state index contributed by atoms with van der Waals surface area (Å²) in [5.74, 6) is 0. The minimum Gasteiger partial charge on any atom is -0.344 e. The monoisotopic (exact) mass is 161 g/mol. The zero-order chi connectivity index (χ0) is 6.24. The molecule has 0 amide bonds. The van der Waals surface area contributed by atoms with Gasteiger partial charge < -0.3 is 6.15 Å². The Morgan fingerprint density at radius 1 is 0.600 bits per heavy atom. The number of hydrogen-bond acceptors (Lipinski definition) is 1. The van der Waals surface area contributed by atoms with E-state index in [2.05, 4.69) is 0 Å². The van der Waals surface area contributed by atoms with Crippen LogP contribution in [-0.4, -0.2) is 0 Å². The second-order valence-electron chi connectivity index (χ2n) is 1.15. The first-order valence-electron chi connectivity index (χ1n) is 3.00. The summed E-state index contributed by atoms with van der Waals surface area (Å²) in [6.45, 7) is 4.00. The molecule has 1 nitrogen and oxygen atoms in total. The third-order valence-electron chi connectivity index (χ3n) is 0.667. The van der Waals surface area contributed by atoms with Crippen LogP contribution in [0.2, 0.25) is 0 Å². The van der Waals surface area contributed by atoms with Crippen molar-refractivity contribution in [3.05, 3.63) is 36.4 Å². The van der Waals surface area contributed by atoms with Gasteiger partial charge in [-0.15, -0.1) is 12.4 Å². The molecule has 1 rings (SSSR count). The molecule has 2 heteroatoms. The van der Waals surface area contributed by atoms with Crippen LogP contribution in [0.25, 0.3) is 0 Å². The van der Waals surface area contributed by atoms with Gasteiger partial charge in [-0.25, -0.2) is 0 Å². The molecule has 10 heavy (non-hydrogen) atoms. The molecule has 0 bridgehead atoms. The topological polar surface area (TPSA) is 35.0 Å². The highest BCUT2D eigenvalue weighted by Gasteiger charge is 1.57. The summed E-state index contributed by atoms with van der Waals surface area (Å²) >= 11 is 0. The van der Waals surface area contributed by atoms with E-state index in [9.17, 15) is 0 Å². The fourth-order valence-electron chi connectivity index (χ4n) is 0.385. The lowest BCUT2D eigenvalue weighted by atomic mass is 10.4. The average Bonchev–Trinajstić information content (AvgIpc) is 1.96. The molecule has 0 saturated heterocycles. The van der Waals surface area contributed by atoms with Crippen LogP contribution in [0, 0.1) is 0 Å². The Balaban J connectivity index is -0.000000114. The second-order valence-corrected chi connectivity index (χ2v) is 1.15. The molecule has 60 valence electrons. The van der Waals surface area contributed by atoms with Crippen LogP contribution in [0.5, 0.6) is 0 Å². The van der Waals surface area contributed by atoms with E-state index in [1.54, 1.807) is 0 Å². The molecule has 0 atom stereocenters. The third-order valence-corrected chi connectivity index (χ3v) is 0.667. The Morgan fingerprint density at radius 2 is 0.700 bits per heavy atom. The standard InChI is InChI=1S/C6H6.C2H6.ClH.H3N/c1-2-4-6-5-3-1;1-2;;/h1-6H;1-2H3;1H;1H3. The number of benzene rings is 1. The Kier molecular flexibility index (Phi) is 25.6. The van der Waals surface area contributed by atoms with Crippen molar-refractivity contribution in [2.24, 2.45) is 0 Å². The first-order chi connectivity index (χ1) is 4.00. The molecule has 0 unspecified atom stereocenters. The van der Waals surface area contributed by atoms with Crippen molar-refractivity contribution in [2.45, 2.75) is 13.8 Å². The molecule has 0 aliphatic rings. The van der Waals surface area contributed by atoms with Gasteiger partial charge in [0.15, 0.2) is 0 Å². The predicted molar refractivity (Wildman–Crippen MR) is 50.1 cm³/mol. The van der Waals surface area contributed by atoms with Gasteiger partial charge in [-0.05, 0) is 0 Å². The van der Waals surface area contributed by atoms with Crippen molar-refractivity contribution in [3.63, 3.8) is 0 Å². The molecule has 0 fully saturated rings. The quantitative estimate of drug-likeness (QED) is 0.623. The van der Waals surface area contributed by atoms with E-state index >= 15 is 0 Å².